The van der Waals surface area contributed by atoms with E-state index in [0.29, 0.717) is 18.7 Å². The van der Waals surface area contributed by atoms with Crippen molar-refractivity contribution < 1.29 is 9.53 Å². The summed E-state index contributed by atoms with van der Waals surface area (Å²) in [5, 5.41) is 10.5. The molecule has 3 aromatic heterocycles. The van der Waals surface area contributed by atoms with Crippen LogP contribution in [0.1, 0.15) is 45.9 Å². The van der Waals surface area contributed by atoms with Crippen LogP contribution in [0.3, 0.4) is 0 Å². The number of hydrogen-bond acceptors (Lipinski definition) is 6. The average Bonchev–Trinajstić information content (AvgIpc) is 3.48. The summed E-state index contributed by atoms with van der Waals surface area (Å²) in [6.07, 6.45) is 2.20. The quantitative estimate of drug-likeness (QED) is 0.417. The van der Waals surface area contributed by atoms with Gasteiger partial charge in [0.25, 0.3) is 5.91 Å². The maximum atomic E-state index is 13.3. The molecule has 182 valence electrons. The number of aromatic nitrogens is 3. The number of hydrogen-bond donors (Lipinski definition) is 1. The molecular formula is C27H31N5O2S. The Morgan fingerprint density at radius 2 is 1.89 bits per heavy atom. The molecular weight excluding hydrogens is 458 g/mol. The van der Waals surface area contributed by atoms with Gasteiger partial charge in [-0.3, -0.25) is 9.69 Å². The number of aryl methyl sites for hydroxylation is 1. The Morgan fingerprint density at radius 3 is 2.63 bits per heavy atom. The molecule has 0 spiro atoms. The van der Waals surface area contributed by atoms with Crippen LogP contribution in [-0.4, -0.2) is 50.9 Å². The second-order valence-electron chi connectivity index (χ2n) is 9.33. The molecule has 1 aliphatic heterocycles. The van der Waals surface area contributed by atoms with E-state index in [0.717, 1.165) is 41.9 Å². The molecule has 1 N–H and O–H groups in total. The van der Waals surface area contributed by atoms with Gasteiger partial charge in [-0.15, -0.1) is 11.3 Å². The van der Waals surface area contributed by atoms with E-state index >= 15 is 0 Å². The number of rotatable bonds is 7. The lowest BCUT2D eigenvalue weighted by molar-refractivity contribution is -0.0705. The van der Waals surface area contributed by atoms with Crippen LogP contribution in [0.4, 0.5) is 0 Å². The van der Waals surface area contributed by atoms with Crippen LogP contribution in [0.5, 0.6) is 0 Å². The predicted octanol–water partition coefficient (Wildman–Crippen LogP) is 4.39. The van der Waals surface area contributed by atoms with Gasteiger partial charge in [0, 0.05) is 36.8 Å². The van der Waals surface area contributed by atoms with Gasteiger partial charge in [-0.1, -0.05) is 30.3 Å². The number of carbonyl (C=O) groups excluding carboxylic acids is 1. The summed E-state index contributed by atoms with van der Waals surface area (Å²) in [5.74, 6) is -0.111. The predicted molar refractivity (Wildman–Crippen MR) is 139 cm³/mol. The van der Waals surface area contributed by atoms with E-state index in [1.54, 1.807) is 17.5 Å². The first-order valence-electron chi connectivity index (χ1n) is 12.0. The van der Waals surface area contributed by atoms with E-state index in [-0.39, 0.29) is 18.1 Å². The molecule has 0 saturated carbocycles. The Balaban J connectivity index is 1.32. The minimum atomic E-state index is -0.111. The molecule has 1 aliphatic rings. The maximum Gasteiger partial charge on any atom is 0.252 e. The molecule has 0 aliphatic carbocycles. The van der Waals surface area contributed by atoms with E-state index in [2.05, 4.69) is 63.8 Å². The molecule has 2 atom stereocenters. The first-order chi connectivity index (χ1) is 17.0. The number of carbonyl (C=O) groups is 1. The number of pyridine rings is 1. The molecule has 1 aromatic carbocycles. The van der Waals surface area contributed by atoms with Crippen molar-refractivity contribution in [3.05, 3.63) is 81.3 Å². The normalized spacial score (nSPS) is 18.7. The average molecular weight is 490 g/mol. The van der Waals surface area contributed by atoms with Gasteiger partial charge in [0.15, 0.2) is 5.65 Å². The third kappa shape index (κ3) is 5.45. The van der Waals surface area contributed by atoms with E-state index in [4.69, 9.17) is 4.74 Å². The van der Waals surface area contributed by atoms with Crippen LogP contribution in [-0.2, 0) is 24.4 Å². The molecule has 35 heavy (non-hydrogen) atoms. The van der Waals surface area contributed by atoms with E-state index in [1.165, 1.54) is 10.4 Å². The molecule has 4 aromatic rings. The number of fused-ring (bicyclic) bond motifs is 1. The zero-order chi connectivity index (χ0) is 24.4. The van der Waals surface area contributed by atoms with Gasteiger partial charge in [0.2, 0.25) is 0 Å². The number of nitrogens with one attached hydrogen (secondary N) is 1. The molecule has 8 heteroatoms. The van der Waals surface area contributed by atoms with E-state index < -0.39 is 0 Å². The molecule has 4 heterocycles. The molecule has 2 unspecified atom stereocenters. The van der Waals surface area contributed by atoms with Crippen LogP contribution >= 0.6 is 11.3 Å². The van der Waals surface area contributed by atoms with E-state index in [1.807, 2.05) is 29.8 Å². The van der Waals surface area contributed by atoms with Crippen molar-refractivity contribution >= 4 is 28.3 Å². The van der Waals surface area contributed by atoms with Gasteiger partial charge in [-0.05, 0) is 49.4 Å². The minimum Gasteiger partial charge on any atom is -0.373 e. The molecule has 0 bridgehead atoms. The molecule has 1 fully saturated rings. The van der Waals surface area contributed by atoms with Crippen LogP contribution in [0.2, 0.25) is 0 Å². The number of morpholine rings is 1. The van der Waals surface area contributed by atoms with Crippen molar-refractivity contribution in [3.8, 4) is 0 Å². The fourth-order valence-corrected chi connectivity index (χ4v) is 5.52. The lowest BCUT2D eigenvalue weighted by atomic mass is 10.1. The summed E-state index contributed by atoms with van der Waals surface area (Å²) in [7, 11) is 0. The smallest absolute Gasteiger partial charge is 0.252 e. The number of benzene rings is 1. The zero-order valence-electron chi connectivity index (χ0n) is 20.4. The fourth-order valence-electron chi connectivity index (χ4n) is 4.84. The van der Waals surface area contributed by atoms with Crippen LogP contribution in [0.15, 0.2) is 54.0 Å². The first kappa shape index (κ1) is 23.7. The second kappa shape index (κ2) is 10.3. The van der Waals surface area contributed by atoms with Gasteiger partial charge >= 0.3 is 0 Å². The Bertz CT molecular complexity index is 1310. The topological polar surface area (TPSA) is 72.3 Å². The molecule has 7 nitrogen and oxygen atoms in total. The highest BCUT2D eigenvalue weighted by molar-refractivity contribution is 7.09. The molecule has 1 saturated heterocycles. The second-order valence-corrected chi connectivity index (χ2v) is 10.4. The summed E-state index contributed by atoms with van der Waals surface area (Å²) in [4.78, 5) is 21.6. The molecule has 5 rings (SSSR count). The van der Waals surface area contributed by atoms with Gasteiger partial charge in [0.05, 0.1) is 35.9 Å². The highest BCUT2D eigenvalue weighted by Gasteiger charge is 2.23. The summed E-state index contributed by atoms with van der Waals surface area (Å²) >= 11 is 1.69. The number of ether oxygens (including phenoxy) is 1. The number of nitrogens with zero attached hydrogens (tertiary/aromatic N) is 4. The lowest BCUT2D eigenvalue weighted by Crippen LogP contribution is -2.45. The molecule has 0 radical (unpaired) electrons. The maximum absolute atomic E-state index is 13.3. The Morgan fingerprint density at radius 1 is 1.11 bits per heavy atom. The SMILES string of the molecule is Cc1cc(C(=O)NCc2ccccc2CN2CC(C)OC(C)C2)c2cnn(Cc3cccs3)c2n1. The van der Waals surface area contributed by atoms with Crippen LogP contribution in [0.25, 0.3) is 11.0 Å². The summed E-state index contributed by atoms with van der Waals surface area (Å²) in [6.45, 7) is 9.94. The number of thiophene rings is 1. The van der Waals surface area contributed by atoms with Crippen molar-refractivity contribution in [2.24, 2.45) is 0 Å². The van der Waals surface area contributed by atoms with Gasteiger partial charge in [-0.2, -0.15) is 5.10 Å². The summed E-state index contributed by atoms with van der Waals surface area (Å²) < 4.78 is 7.74. The Labute approximate surface area is 209 Å². The fraction of sp³-hybridized carbons (Fsp3) is 0.370. The zero-order valence-corrected chi connectivity index (χ0v) is 21.2. The van der Waals surface area contributed by atoms with Crippen molar-refractivity contribution in [1.29, 1.82) is 0 Å². The van der Waals surface area contributed by atoms with Crippen molar-refractivity contribution in [2.75, 3.05) is 13.1 Å². The first-order valence-corrected chi connectivity index (χ1v) is 12.9. The van der Waals surface area contributed by atoms with Crippen LogP contribution < -0.4 is 5.32 Å². The minimum absolute atomic E-state index is 0.111. The van der Waals surface area contributed by atoms with Gasteiger partial charge in [-0.25, -0.2) is 9.67 Å². The van der Waals surface area contributed by atoms with Crippen LogP contribution in [0, 0.1) is 6.92 Å². The lowest BCUT2D eigenvalue weighted by Gasteiger charge is -2.35. The Kier molecular flexibility index (Phi) is 6.95. The highest BCUT2D eigenvalue weighted by Crippen LogP contribution is 2.21. The number of amides is 1. The van der Waals surface area contributed by atoms with Crippen molar-refractivity contribution in [2.45, 2.75) is 52.6 Å². The standard InChI is InChI=1S/C27H31N5O2S/c1-18-11-24(25-13-29-32(26(25)30-18)17-23-9-6-10-35-23)27(33)28-12-21-7-4-5-8-22(21)16-31-14-19(2)34-20(3)15-31/h4-11,13,19-20H,12,14-17H2,1-3H3,(H,28,33). The monoisotopic (exact) mass is 489 g/mol. The molecule has 1 amide bonds. The van der Waals surface area contributed by atoms with Crippen molar-refractivity contribution in [3.63, 3.8) is 0 Å². The van der Waals surface area contributed by atoms with Crippen molar-refractivity contribution in [1.82, 2.24) is 25.0 Å². The Hall–Kier alpha value is -3.07. The summed E-state index contributed by atoms with van der Waals surface area (Å²) in [5.41, 5.74) is 4.50. The van der Waals surface area contributed by atoms with Gasteiger partial charge < -0.3 is 10.1 Å². The third-order valence-corrected chi connectivity index (χ3v) is 7.18. The highest BCUT2D eigenvalue weighted by atomic mass is 32.1. The summed E-state index contributed by atoms with van der Waals surface area (Å²) in [6, 6.07) is 14.3. The third-order valence-electron chi connectivity index (χ3n) is 6.31. The van der Waals surface area contributed by atoms with E-state index in [9.17, 15) is 4.79 Å². The van der Waals surface area contributed by atoms with Gasteiger partial charge in [0.1, 0.15) is 0 Å². The largest absolute Gasteiger partial charge is 0.373 e.